The lowest BCUT2D eigenvalue weighted by Gasteiger charge is -2.27. The summed E-state index contributed by atoms with van der Waals surface area (Å²) in [5.74, 6) is 0.735. The maximum absolute atomic E-state index is 13.7. The average Bonchev–Trinajstić information content (AvgIpc) is 2.36. The number of rotatable bonds is 3. The van der Waals surface area contributed by atoms with Crippen molar-refractivity contribution in [2.45, 2.75) is 39.0 Å². The van der Waals surface area contributed by atoms with Crippen LogP contribution in [0.15, 0.2) is 22.7 Å². The second-order valence-electron chi connectivity index (χ2n) is 5.15. The van der Waals surface area contributed by atoms with Crippen molar-refractivity contribution in [1.82, 2.24) is 0 Å². The molecule has 1 aliphatic carbocycles. The number of carbonyl (C=O) groups excluding carboxylic acids is 1. The minimum absolute atomic E-state index is 0.00694. The highest BCUT2D eigenvalue weighted by Gasteiger charge is 2.28. The largest absolute Gasteiger partial charge is 0.299 e. The summed E-state index contributed by atoms with van der Waals surface area (Å²) < 4.78 is 14.6. The second-order valence-corrected chi connectivity index (χ2v) is 6.07. The van der Waals surface area contributed by atoms with Gasteiger partial charge in [-0.05, 0) is 48.9 Å². The Morgan fingerprint density at radius 3 is 2.94 bits per heavy atom. The van der Waals surface area contributed by atoms with Crippen LogP contribution < -0.4 is 0 Å². The van der Waals surface area contributed by atoms with E-state index in [0.29, 0.717) is 30.1 Å². The first-order chi connectivity index (χ1) is 8.60. The fourth-order valence-corrected chi connectivity index (χ4v) is 3.14. The number of Topliss-reactive ketones (excluding diaryl/α,β-unsaturated/α-hetero) is 1. The van der Waals surface area contributed by atoms with Gasteiger partial charge in [0.05, 0.1) is 0 Å². The third kappa shape index (κ3) is 3.19. The van der Waals surface area contributed by atoms with Crippen LogP contribution in [0.4, 0.5) is 4.39 Å². The number of hydrogen-bond acceptors (Lipinski definition) is 1. The maximum Gasteiger partial charge on any atom is 0.136 e. The zero-order valence-electron chi connectivity index (χ0n) is 10.6. The van der Waals surface area contributed by atoms with Gasteiger partial charge in [0.15, 0.2) is 0 Å². The molecule has 0 saturated heterocycles. The van der Waals surface area contributed by atoms with Crippen LogP contribution in [-0.4, -0.2) is 5.78 Å². The summed E-state index contributed by atoms with van der Waals surface area (Å²) >= 11 is 3.35. The molecular weight excluding hydrogens is 295 g/mol. The molecule has 0 heterocycles. The van der Waals surface area contributed by atoms with Crippen LogP contribution in [-0.2, 0) is 11.2 Å². The topological polar surface area (TPSA) is 17.1 Å². The second kappa shape index (κ2) is 5.96. The molecule has 0 amide bonds. The lowest BCUT2D eigenvalue weighted by Crippen LogP contribution is -2.26. The van der Waals surface area contributed by atoms with Gasteiger partial charge in [0.25, 0.3) is 0 Å². The molecule has 1 nitrogen and oxygen atoms in total. The van der Waals surface area contributed by atoms with Crippen molar-refractivity contribution in [3.63, 3.8) is 0 Å². The van der Waals surface area contributed by atoms with E-state index in [9.17, 15) is 9.18 Å². The molecular formula is C15H18BrFO. The van der Waals surface area contributed by atoms with Gasteiger partial charge in [-0.3, -0.25) is 4.79 Å². The standard InChI is InChI=1S/C15H18BrFO/c1-2-10-3-6-15(18)12(7-10)8-11-9-13(16)4-5-14(11)17/h4-5,9-10,12H,2-3,6-8H2,1H3. The molecule has 0 aromatic heterocycles. The van der Waals surface area contributed by atoms with Crippen LogP contribution in [0, 0.1) is 17.7 Å². The smallest absolute Gasteiger partial charge is 0.136 e. The number of benzene rings is 1. The summed E-state index contributed by atoms with van der Waals surface area (Å²) in [6.07, 6.45) is 4.25. The van der Waals surface area contributed by atoms with Crippen molar-refractivity contribution in [1.29, 1.82) is 0 Å². The van der Waals surface area contributed by atoms with E-state index in [0.717, 1.165) is 23.7 Å². The van der Waals surface area contributed by atoms with Gasteiger partial charge in [0, 0.05) is 16.8 Å². The minimum atomic E-state index is -0.204. The minimum Gasteiger partial charge on any atom is -0.299 e. The van der Waals surface area contributed by atoms with Crippen LogP contribution in [0.1, 0.15) is 38.2 Å². The molecule has 18 heavy (non-hydrogen) atoms. The van der Waals surface area contributed by atoms with E-state index in [4.69, 9.17) is 0 Å². The van der Waals surface area contributed by atoms with E-state index < -0.39 is 0 Å². The molecule has 1 saturated carbocycles. The summed E-state index contributed by atoms with van der Waals surface area (Å²) in [5, 5.41) is 0. The third-order valence-corrected chi connectivity index (χ3v) is 4.42. The highest BCUT2D eigenvalue weighted by atomic mass is 79.9. The van der Waals surface area contributed by atoms with Crippen LogP contribution in [0.25, 0.3) is 0 Å². The van der Waals surface area contributed by atoms with Crippen LogP contribution >= 0.6 is 15.9 Å². The Morgan fingerprint density at radius 2 is 2.22 bits per heavy atom. The van der Waals surface area contributed by atoms with Crippen LogP contribution in [0.2, 0.25) is 0 Å². The molecule has 2 atom stereocenters. The molecule has 0 N–H and O–H groups in total. The lowest BCUT2D eigenvalue weighted by atomic mass is 9.77. The zero-order chi connectivity index (χ0) is 13.1. The molecule has 0 aliphatic heterocycles. The van der Waals surface area contributed by atoms with E-state index in [1.165, 1.54) is 6.07 Å². The van der Waals surface area contributed by atoms with Gasteiger partial charge in [-0.25, -0.2) is 4.39 Å². The predicted octanol–water partition coefficient (Wildman–Crippen LogP) is 4.53. The van der Waals surface area contributed by atoms with Gasteiger partial charge >= 0.3 is 0 Å². The molecule has 1 fully saturated rings. The van der Waals surface area contributed by atoms with Crippen LogP contribution in [0.3, 0.4) is 0 Å². The van der Waals surface area contributed by atoms with Crippen molar-refractivity contribution in [3.8, 4) is 0 Å². The number of halogens is 2. The molecule has 2 unspecified atom stereocenters. The van der Waals surface area contributed by atoms with E-state index in [-0.39, 0.29) is 11.7 Å². The highest BCUT2D eigenvalue weighted by molar-refractivity contribution is 9.10. The van der Waals surface area contributed by atoms with Crippen LogP contribution in [0.5, 0.6) is 0 Å². The SMILES string of the molecule is CCC1CCC(=O)C(Cc2cc(Br)ccc2F)C1. The first-order valence-corrected chi connectivity index (χ1v) is 7.36. The monoisotopic (exact) mass is 312 g/mol. The lowest BCUT2D eigenvalue weighted by molar-refractivity contribution is -0.125. The van der Waals surface area contributed by atoms with Gasteiger partial charge in [0.1, 0.15) is 11.6 Å². The molecule has 0 radical (unpaired) electrons. The normalized spacial score (nSPS) is 24.3. The Bertz CT molecular complexity index is 444. The molecule has 1 aromatic rings. The van der Waals surface area contributed by atoms with Crippen molar-refractivity contribution in [3.05, 3.63) is 34.1 Å². The molecule has 3 heteroatoms. The molecule has 0 spiro atoms. The van der Waals surface area contributed by atoms with E-state index >= 15 is 0 Å². The van der Waals surface area contributed by atoms with Gasteiger partial charge in [-0.2, -0.15) is 0 Å². The first kappa shape index (κ1) is 13.7. The fraction of sp³-hybridized carbons (Fsp3) is 0.533. The Morgan fingerprint density at radius 1 is 1.44 bits per heavy atom. The maximum atomic E-state index is 13.7. The van der Waals surface area contributed by atoms with E-state index in [1.807, 2.05) is 0 Å². The fourth-order valence-electron chi connectivity index (χ4n) is 2.74. The third-order valence-electron chi connectivity index (χ3n) is 3.92. The number of hydrogen-bond donors (Lipinski definition) is 0. The van der Waals surface area contributed by atoms with Gasteiger partial charge in [-0.1, -0.05) is 29.3 Å². The Labute approximate surface area is 116 Å². The van der Waals surface area contributed by atoms with Crippen molar-refractivity contribution in [2.75, 3.05) is 0 Å². The Kier molecular flexibility index (Phi) is 4.55. The van der Waals surface area contributed by atoms with Crippen molar-refractivity contribution < 1.29 is 9.18 Å². The first-order valence-electron chi connectivity index (χ1n) is 6.56. The number of ketones is 1. The summed E-state index contributed by atoms with van der Waals surface area (Å²) in [5.41, 5.74) is 0.652. The van der Waals surface area contributed by atoms with E-state index in [2.05, 4.69) is 22.9 Å². The quantitative estimate of drug-likeness (QED) is 0.801. The summed E-state index contributed by atoms with van der Waals surface area (Å²) in [4.78, 5) is 11.9. The summed E-state index contributed by atoms with van der Waals surface area (Å²) in [6, 6.07) is 4.94. The van der Waals surface area contributed by atoms with Gasteiger partial charge in [0.2, 0.25) is 0 Å². The Hall–Kier alpha value is -0.700. The van der Waals surface area contributed by atoms with Gasteiger partial charge in [-0.15, -0.1) is 0 Å². The number of carbonyl (C=O) groups is 1. The van der Waals surface area contributed by atoms with E-state index in [1.54, 1.807) is 12.1 Å². The molecule has 1 aromatic carbocycles. The summed E-state index contributed by atoms with van der Waals surface area (Å²) in [7, 11) is 0. The molecule has 1 aliphatic rings. The summed E-state index contributed by atoms with van der Waals surface area (Å²) in [6.45, 7) is 2.16. The molecule has 0 bridgehead atoms. The molecule has 2 rings (SSSR count). The Balaban J connectivity index is 2.11. The van der Waals surface area contributed by atoms with Crippen molar-refractivity contribution in [2.24, 2.45) is 11.8 Å². The highest BCUT2D eigenvalue weighted by Crippen LogP contribution is 2.31. The van der Waals surface area contributed by atoms with Gasteiger partial charge < -0.3 is 0 Å². The zero-order valence-corrected chi connectivity index (χ0v) is 12.2. The average molecular weight is 313 g/mol. The molecule has 98 valence electrons. The van der Waals surface area contributed by atoms with Crippen molar-refractivity contribution >= 4 is 21.7 Å². The predicted molar refractivity (Wildman–Crippen MR) is 73.9 cm³/mol.